The van der Waals surface area contributed by atoms with Crippen molar-refractivity contribution in [3.05, 3.63) is 71.0 Å². The molecule has 26 heavy (non-hydrogen) atoms. The van der Waals surface area contributed by atoms with Gasteiger partial charge in [-0.1, -0.05) is 35.9 Å². The van der Waals surface area contributed by atoms with Crippen molar-refractivity contribution < 1.29 is 5.11 Å². The van der Waals surface area contributed by atoms with Crippen LogP contribution in [0.4, 0.5) is 0 Å². The highest BCUT2D eigenvalue weighted by Gasteiger charge is 2.28. The zero-order valence-corrected chi connectivity index (χ0v) is 15.3. The van der Waals surface area contributed by atoms with Crippen LogP contribution in [0.25, 0.3) is 5.82 Å². The molecule has 0 saturated heterocycles. The molecule has 0 saturated carbocycles. The van der Waals surface area contributed by atoms with Gasteiger partial charge >= 0.3 is 0 Å². The molecule has 2 heterocycles. The van der Waals surface area contributed by atoms with Crippen LogP contribution in [0, 0.1) is 6.92 Å². The highest BCUT2D eigenvalue weighted by molar-refractivity contribution is 5.39. The number of rotatable bonds is 4. The standard InChI is InChI=1S/C21H24N4O/c1-15-6-5-7-16(12-15)14-24(2)17-9-10-19-18(13-17)21(26)25(23-19)20-8-3-4-11-22-20/h3-8,11-12,17,26H,9-10,13-14H2,1-2H3. The molecule has 1 aliphatic rings. The summed E-state index contributed by atoms with van der Waals surface area (Å²) in [6, 6.07) is 14.7. The normalized spacial score (nSPS) is 16.7. The van der Waals surface area contributed by atoms with Gasteiger partial charge in [0, 0.05) is 24.3 Å². The molecule has 1 N–H and O–H groups in total. The summed E-state index contributed by atoms with van der Waals surface area (Å²) in [7, 11) is 2.16. The molecule has 3 aromatic rings. The van der Waals surface area contributed by atoms with Gasteiger partial charge < -0.3 is 5.11 Å². The Balaban J connectivity index is 1.53. The number of aromatic hydroxyl groups is 1. The van der Waals surface area contributed by atoms with Gasteiger partial charge in [-0.05, 0) is 50.9 Å². The number of nitrogens with zero attached hydrogens (tertiary/aromatic N) is 4. The molecule has 1 atom stereocenters. The maximum atomic E-state index is 10.7. The van der Waals surface area contributed by atoms with Crippen molar-refractivity contribution in [1.82, 2.24) is 19.7 Å². The van der Waals surface area contributed by atoms with E-state index in [1.807, 2.05) is 18.2 Å². The fourth-order valence-corrected chi connectivity index (χ4v) is 3.78. The lowest BCUT2D eigenvalue weighted by Crippen LogP contribution is -2.35. The van der Waals surface area contributed by atoms with Crippen molar-refractivity contribution in [2.45, 2.75) is 38.8 Å². The van der Waals surface area contributed by atoms with Gasteiger partial charge in [0.25, 0.3) is 0 Å². The molecule has 0 amide bonds. The second kappa shape index (κ2) is 6.92. The molecule has 0 aliphatic heterocycles. The van der Waals surface area contributed by atoms with Crippen molar-refractivity contribution in [3.63, 3.8) is 0 Å². The van der Waals surface area contributed by atoms with Gasteiger partial charge in [0.1, 0.15) is 0 Å². The Morgan fingerprint density at radius 2 is 2.12 bits per heavy atom. The van der Waals surface area contributed by atoms with E-state index in [4.69, 9.17) is 0 Å². The molecule has 0 radical (unpaired) electrons. The zero-order valence-electron chi connectivity index (χ0n) is 15.3. The summed E-state index contributed by atoms with van der Waals surface area (Å²) in [6.07, 6.45) is 4.46. The van der Waals surface area contributed by atoms with E-state index in [-0.39, 0.29) is 5.88 Å². The maximum absolute atomic E-state index is 10.7. The van der Waals surface area contributed by atoms with Gasteiger partial charge in [0.05, 0.1) is 5.69 Å². The van der Waals surface area contributed by atoms with Crippen LogP contribution in [-0.4, -0.2) is 37.9 Å². The predicted octanol–water partition coefficient (Wildman–Crippen LogP) is 3.27. The fourth-order valence-electron chi connectivity index (χ4n) is 3.78. The molecular formula is C21H24N4O. The van der Waals surface area contributed by atoms with Crippen molar-refractivity contribution >= 4 is 0 Å². The van der Waals surface area contributed by atoms with E-state index in [1.165, 1.54) is 11.1 Å². The fraction of sp³-hybridized carbons (Fsp3) is 0.333. The Labute approximate surface area is 153 Å². The van der Waals surface area contributed by atoms with Crippen LogP contribution in [0.5, 0.6) is 5.88 Å². The number of hydrogen-bond acceptors (Lipinski definition) is 4. The van der Waals surface area contributed by atoms with Crippen molar-refractivity contribution in [3.8, 4) is 11.7 Å². The molecule has 5 nitrogen and oxygen atoms in total. The Bertz CT molecular complexity index is 904. The lowest BCUT2D eigenvalue weighted by Gasteiger charge is -2.30. The topological polar surface area (TPSA) is 54.2 Å². The SMILES string of the molecule is Cc1cccc(CN(C)C2CCc3nn(-c4ccccn4)c(O)c3C2)c1. The third kappa shape index (κ3) is 3.22. The molecule has 5 heteroatoms. The molecule has 4 rings (SSSR count). The summed E-state index contributed by atoms with van der Waals surface area (Å²) in [4.78, 5) is 6.69. The van der Waals surface area contributed by atoms with Gasteiger partial charge in [-0.2, -0.15) is 9.78 Å². The first-order valence-corrected chi connectivity index (χ1v) is 9.09. The van der Waals surface area contributed by atoms with Crippen molar-refractivity contribution in [2.75, 3.05) is 7.05 Å². The molecule has 1 aliphatic carbocycles. The molecule has 2 aromatic heterocycles. The van der Waals surface area contributed by atoms with E-state index in [2.05, 4.69) is 53.2 Å². The molecule has 0 spiro atoms. The van der Waals surface area contributed by atoms with Gasteiger partial charge in [-0.3, -0.25) is 4.90 Å². The van der Waals surface area contributed by atoms with Gasteiger partial charge in [0.2, 0.25) is 5.88 Å². The minimum absolute atomic E-state index is 0.229. The summed E-state index contributed by atoms with van der Waals surface area (Å²) in [5, 5.41) is 15.3. The second-order valence-corrected chi connectivity index (χ2v) is 7.15. The Hall–Kier alpha value is -2.66. The average molecular weight is 348 g/mol. The van der Waals surface area contributed by atoms with Crippen LogP contribution in [0.15, 0.2) is 48.7 Å². The zero-order chi connectivity index (χ0) is 18.1. The Kier molecular flexibility index (Phi) is 4.47. The van der Waals surface area contributed by atoms with E-state index in [9.17, 15) is 5.11 Å². The molecule has 0 bridgehead atoms. The number of pyridine rings is 1. The smallest absolute Gasteiger partial charge is 0.219 e. The van der Waals surface area contributed by atoms with E-state index < -0.39 is 0 Å². The largest absolute Gasteiger partial charge is 0.493 e. The summed E-state index contributed by atoms with van der Waals surface area (Å²) < 4.78 is 1.56. The van der Waals surface area contributed by atoms with Crippen molar-refractivity contribution in [2.24, 2.45) is 0 Å². The van der Waals surface area contributed by atoms with Crippen LogP contribution in [0.3, 0.4) is 0 Å². The molecule has 1 unspecified atom stereocenters. The van der Waals surface area contributed by atoms with Crippen LogP contribution in [0.1, 0.15) is 28.8 Å². The monoisotopic (exact) mass is 348 g/mol. The number of fused-ring (bicyclic) bond motifs is 1. The number of aromatic nitrogens is 3. The number of hydrogen-bond donors (Lipinski definition) is 1. The first-order chi connectivity index (χ1) is 12.6. The minimum Gasteiger partial charge on any atom is -0.493 e. The van der Waals surface area contributed by atoms with E-state index >= 15 is 0 Å². The van der Waals surface area contributed by atoms with E-state index in [0.717, 1.165) is 37.1 Å². The lowest BCUT2D eigenvalue weighted by molar-refractivity contribution is 0.212. The van der Waals surface area contributed by atoms with Crippen molar-refractivity contribution in [1.29, 1.82) is 0 Å². The number of likely N-dealkylation sites (N-methyl/N-ethyl adjacent to an activating group) is 1. The average Bonchev–Trinajstić information content (AvgIpc) is 2.99. The second-order valence-electron chi connectivity index (χ2n) is 7.15. The Morgan fingerprint density at radius 3 is 2.88 bits per heavy atom. The van der Waals surface area contributed by atoms with E-state index in [0.29, 0.717) is 11.9 Å². The van der Waals surface area contributed by atoms with Crippen LogP contribution >= 0.6 is 0 Å². The van der Waals surface area contributed by atoms with Gasteiger partial charge in [-0.25, -0.2) is 4.98 Å². The highest BCUT2D eigenvalue weighted by Crippen LogP contribution is 2.32. The summed E-state index contributed by atoms with van der Waals surface area (Å²) in [6.45, 7) is 3.04. The van der Waals surface area contributed by atoms with Crippen LogP contribution < -0.4 is 0 Å². The molecule has 0 fully saturated rings. The first-order valence-electron chi connectivity index (χ1n) is 9.09. The minimum atomic E-state index is 0.229. The number of aryl methyl sites for hydroxylation is 2. The quantitative estimate of drug-likeness (QED) is 0.786. The highest BCUT2D eigenvalue weighted by atomic mass is 16.3. The summed E-state index contributed by atoms with van der Waals surface area (Å²) in [5.41, 5.74) is 4.57. The van der Waals surface area contributed by atoms with Crippen LogP contribution in [-0.2, 0) is 19.4 Å². The molecular weight excluding hydrogens is 324 g/mol. The Morgan fingerprint density at radius 1 is 1.23 bits per heavy atom. The van der Waals surface area contributed by atoms with Crippen LogP contribution in [0.2, 0.25) is 0 Å². The third-order valence-corrected chi connectivity index (χ3v) is 5.20. The predicted molar refractivity (Wildman–Crippen MR) is 101 cm³/mol. The van der Waals surface area contributed by atoms with Gasteiger partial charge in [-0.15, -0.1) is 0 Å². The third-order valence-electron chi connectivity index (χ3n) is 5.20. The summed E-state index contributed by atoms with van der Waals surface area (Å²) >= 11 is 0. The number of benzene rings is 1. The van der Waals surface area contributed by atoms with E-state index in [1.54, 1.807) is 10.9 Å². The molecule has 1 aromatic carbocycles. The first kappa shape index (κ1) is 16.8. The molecule has 134 valence electrons. The maximum Gasteiger partial charge on any atom is 0.219 e. The van der Waals surface area contributed by atoms with Gasteiger partial charge in [0.15, 0.2) is 5.82 Å². The lowest BCUT2D eigenvalue weighted by atomic mass is 9.92. The summed E-state index contributed by atoms with van der Waals surface area (Å²) in [5.74, 6) is 0.886.